The minimum absolute atomic E-state index is 0.0649. The van der Waals surface area contributed by atoms with Crippen LogP contribution in [0.4, 0.5) is 11.4 Å². The van der Waals surface area contributed by atoms with E-state index in [2.05, 4.69) is 161 Å². The van der Waals surface area contributed by atoms with Crippen molar-refractivity contribution in [1.29, 1.82) is 0 Å². The number of fused-ring (bicyclic) bond motifs is 18. The first-order valence-corrected chi connectivity index (χ1v) is 16.7. The third kappa shape index (κ3) is 3.12. The van der Waals surface area contributed by atoms with Crippen molar-refractivity contribution in [2.75, 3.05) is 4.81 Å². The van der Waals surface area contributed by atoms with Crippen LogP contribution in [0.25, 0.3) is 69.9 Å². The maximum atomic E-state index is 2.58. The molecule has 4 heteroatoms. The standard InChI is InChI=1S/C42H25BN2S/c1-2-12-26(13-3-1)44-38-24-33-29-16-7-11-21-39(29)46-40(33)25-32(38)30-22-23-35-41(42(30)44)31-17-6-10-20-37(31)45-36-19-9-5-15-28(36)27-14-4-8-18-34(27)43(35)45/h1-25H. The number of nitrogens with zero attached hydrogens (tertiary/aromatic N) is 2. The van der Waals surface area contributed by atoms with Crippen LogP contribution in [-0.4, -0.2) is 11.4 Å². The summed E-state index contributed by atoms with van der Waals surface area (Å²) in [4.78, 5) is 2.58. The molecule has 0 N–H and O–H groups in total. The largest absolute Gasteiger partial charge is 0.376 e. The topological polar surface area (TPSA) is 8.17 Å². The minimum Gasteiger partial charge on any atom is -0.376 e. The van der Waals surface area contributed by atoms with E-state index in [0.717, 1.165) is 0 Å². The zero-order chi connectivity index (χ0) is 29.9. The van der Waals surface area contributed by atoms with Gasteiger partial charge in [0, 0.05) is 64.7 Å². The van der Waals surface area contributed by atoms with E-state index in [-0.39, 0.29) is 6.85 Å². The fourth-order valence-corrected chi connectivity index (χ4v) is 9.46. The Bertz CT molecular complexity index is 2720. The molecule has 11 rings (SSSR count). The first-order chi connectivity index (χ1) is 22.8. The molecule has 0 spiro atoms. The fourth-order valence-electron chi connectivity index (χ4n) is 8.33. The molecule has 46 heavy (non-hydrogen) atoms. The van der Waals surface area contributed by atoms with Crippen LogP contribution in [-0.2, 0) is 0 Å². The van der Waals surface area contributed by atoms with Crippen LogP contribution >= 0.6 is 11.3 Å². The van der Waals surface area contributed by atoms with Crippen molar-refractivity contribution in [3.63, 3.8) is 0 Å². The Morgan fingerprint density at radius 3 is 2.02 bits per heavy atom. The highest BCUT2D eigenvalue weighted by Crippen LogP contribution is 2.49. The van der Waals surface area contributed by atoms with E-state index in [1.807, 2.05) is 11.3 Å². The molecule has 0 saturated carbocycles. The van der Waals surface area contributed by atoms with Crippen molar-refractivity contribution in [1.82, 2.24) is 4.57 Å². The van der Waals surface area contributed by atoms with E-state index in [1.54, 1.807) is 0 Å². The van der Waals surface area contributed by atoms with Crippen molar-refractivity contribution < 1.29 is 0 Å². The number of hydrogen-bond donors (Lipinski definition) is 0. The molecule has 0 atom stereocenters. The molecule has 2 nitrogen and oxygen atoms in total. The van der Waals surface area contributed by atoms with E-state index < -0.39 is 0 Å². The maximum absolute atomic E-state index is 2.58. The van der Waals surface area contributed by atoms with Gasteiger partial charge in [-0.3, -0.25) is 0 Å². The zero-order valence-corrected chi connectivity index (χ0v) is 25.6. The average Bonchev–Trinajstić information content (AvgIpc) is 3.65. The Kier molecular flexibility index (Phi) is 4.83. The lowest BCUT2D eigenvalue weighted by molar-refractivity contribution is 1.18. The molecular formula is C42H25BN2S. The van der Waals surface area contributed by atoms with E-state index in [1.165, 1.54) is 92.2 Å². The molecule has 2 aliphatic rings. The highest BCUT2D eigenvalue weighted by atomic mass is 32.1. The highest BCUT2D eigenvalue weighted by molar-refractivity contribution is 7.25. The molecule has 2 aliphatic heterocycles. The van der Waals surface area contributed by atoms with Gasteiger partial charge in [0.15, 0.2) is 0 Å². The molecule has 0 unspecified atom stereocenters. The Labute approximate surface area is 270 Å². The van der Waals surface area contributed by atoms with Crippen LogP contribution in [0.1, 0.15) is 0 Å². The van der Waals surface area contributed by atoms with Crippen molar-refractivity contribution in [3.05, 3.63) is 152 Å². The second-order valence-electron chi connectivity index (χ2n) is 12.5. The van der Waals surface area contributed by atoms with Crippen molar-refractivity contribution >= 4 is 82.5 Å². The van der Waals surface area contributed by atoms with E-state index in [9.17, 15) is 0 Å². The molecule has 0 radical (unpaired) electrons. The molecule has 0 saturated heterocycles. The van der Waals surface area contributed by atoms with Gasteiger partial charge in [0.05, 0.1) is 11.0 Å². The van der Waals surface area contributed by atoms with Crippen molar-refractivity contribution in [2.24, 2.45) is 0 Å². The first-order valence-electron chi connectivity index (χ1n) is 15.9. The summed E-state index contributed by atoms with van der Waals surface area (Å²) in [6.07, 6.45) is 0. The number of aromatic nitrogens is 1. The van der Waals surface area contributed by atoms with Gasteiger partial charge >= 0.3 is 6.85 Å². The number of anilines is 2. The average molecular weight is 601 g/mol. The lowest BCUT2D eigenvalue weighted by atomic mass is 9.43. The van der Waals surface area contributed by atoms with E-state index in [0.29, 0.717) is 0 Å². The SMILES string of the molecule is c1ccc(-n2c3cc4c(cc3c3ccc5c(c32)-c2ccccc2N2B5c3ccccc3-c3ccccc32)sc2ccccc24)cc1. The second-order valence-corrected chi connectivity index (χ2v) is 13.5. The van der Waals surface area contributed by atoms with Gasteiger partial charge in [0.2, 0.25) is 0 Å². The molecule has 9 aromatic rings. The molecule has 0 bridgehead atoms. The molecule has 4 heterocycles. The predicted octanol–water partition coefficient (Wildman–Crippen LogP) is 10.1. The summed E-state index contributed by atoms with van der Waals surface area (Å²) in [5.41, 5.74) is 14.2. The highest BCUT2D eigenvalue weighted by Gasteiger charge is 2.43. The van der Waals surface area contributed by atoms with Crippen LogP contribution < -0.4 is 15.7 Å². The number of benzene rings is 7. The number of hydrogen-bond acceptors (Lipinski definition) is 2. The van der Waals surface area contributed by atoms with Gasteiger partial charge in [0.25, 0.3) is 0 Å². The quantitative estimate of drug-likeness (QED) is 0.170. The monoisotopic (exact) mass is 600 g/mol. The molecule has 0 fully saturated rings. The van der Waals surface area contributed by atoms with Crippen LogP contribution in [0, 0.1) is 0 Å². The second kappa shape index (κ2) is 9.00. The van der Waals surface area contributed by atoms with E-state index >= 15 is 0 Å². The number of para-hydroxylation sites is 3. The molecule has 0 amide bonds. The number of rotatable bonds is 1. The van der Waals surface area contributed by atoms with Crippen LogP contribution in [0.15, 0.2) is 152 Å². The van der Waals surface area contributed by atoms with Gasteiger partial charge in [0.1, 0.15) is 0 Å². The summed E-state index contributed by atoms with van der Waals surface area (Å²) >= 11 is 1.89. The first kappa shape index (κ1) is 24.7. The normalized spacial score (nSPS) is 13.1. The summed E-state index contributed by atoms with van der Waals surface area (Å²) in [6, 6.07) is 56.3. The minimum atomic E-state index is 0.0649. The summed E-state index contributed by atoms with van der Waals surface area (Å²) in [6.45, 7) is 0.0649. The molecule has 7 aromatic carbocycles. The van der Waals surface area contributed by atoms with Gasteiger partial charge < -0.3 is 9.38 Å². The summed E-state index contributed by atoms with van der Waals surface area (Å²) < 4.78 is 5.20. The summed E-state index contributed by atoms with van der Waals surface area (Å²) in [7, 11) is 0. The van der Waals surface area contributed by atoms with Crippen LogP contribution in [0.2, 0.25) is 0 Å². The van der Waals surface area contributed by atoms with Gasteiger partial charge in [-0.25, -0.2) is 0 Å². The van der Waals surface area contributed by atoms with E-state index in [4.69, 9.17) is 0 Å². The van der Waals surface area contributed by atoms with Crippen LogP contribution in [0.5, 0.6) is 0 Å². The lowest BCUT2D eigenvalue weighted by Gasteiger charge is -2.43. The van der Waals surface area contributed by atoms with Crippen molar-refractivity contribution in [3.8, 4) is 27.9 Å². The Morgan fingerprint density at radius 2 is 1.15 bits per heavy atom. The molecule has 2 aromatic heterocycles. The maximum Gasteiger partial charge on any atom is 0.329 e. The Hall–Kier alpha value is -5.58. The third-order valence-electron chi connectivity index (χ3n) is 10.2. The van der Waals surface area contributed by atoms with Gasteiger partial charge in [-0.1, -0.05) is 109 Å². The van der Waals surface area contributed by atoms with Crippen LogP contribution in [0.3, 0.4) is 0 Å². The van der Waals surface area contributed by atoms with Gasteiger partial charge in [-0.2, -0.15) is 0 Å². The lowest BCUT2D eigenvalue weighted by Crippen LogP contribution is -2.59. The smallest absolute Gasteiger partial charge is 0.329 e. The van der Waals surface area contributed by atoms with Crippen molar-refractivity contribution in [2.45, 2.75) is 0 Å². The third-order valence-corrected chi connectivity index (χ3v) is 11.3. The Morgan fingerprint density at radius 1 is 0.457 bits per heavy atom. The summed E-state index contributed by atoms with van der Waals surface area (Å²) in [5.74, 6) is 0. The molecule has 212 valence electrons. The molecule has 0 aliphatic carbocycles. The predicted molar refractivity (Wildman–Crippen MR) is 198 cm³/mol. The fraction of sp³-hybridized carbons (Fsp3) is 0. The summed E-state index contributed by atoms with van der Waals surface area (Å²) in [5, 5.41) is 5.25. The van der Waals surface area contributed by atoms with Gasteiger partial charge in [-0.05, 0) is 59.0 Å². The molecular weight excluding hydrogens is 575 g/mol. The zero-order valence-electron chi connectivity index (χ0n) is 24.8. The Balaban J connectivity index is 1.32. The van der Waals surface area contributed by atoms with Gasteiger partial charge in [-0.15, -0.1) is 11.3 Å². The number of thiophene rings is 1.